The Balaban J connectivity index is 4.88. The van der Waals surface area contributed by atoms with Gasteiger partial charge in [-0.3, -0.25) is 9.59 Å². The SMILES string of the molecule is CC(=O)C(=O)C(N)(N)[C@@H](O)[C@H](O)[C@H](O)CO. The number of carbonyl (C=O) groups excluding carboxylic acids is 2. The lowest BCUT2D eigenvalue weighted by molar-refractivity contribution is -0.147. The van der Waals surface area contributed by atoms with Crippen molar-refractivity contribution in [3.63, 3.8) is 0 Å². The van der Waals surface area contributed by atoms with Crippen LogP contribution >= 0.6 is 0 Å². The fraction of sp³-hybridized carbons (Fsp3) is 0.750. The lowest BCUT2D eigenvalue weighted by Gasteiger charge is -2.32. The number of aliphatic hydroxyl groups is 4. The molecule has 0 amide bonds. The van der Waals surface area contributed by atoms with Gasteiger partial charge in [-0.05, 0) is 0 Å². The number of ketones is 2. The molecular weight excluding hydrogens is 220 g/mol. The minimum absolute atomic E-state index is 0.859. The monoisotopic (exact) mass is 236 g/mol. The van der Waals surface area contributed by atoms with Crippen molar-refractivity contribution in [3.05, 3.63) is 0 Å². The van der Waals surface area contributed by atoms with Crippen LogP contribution in [0, 0.1) is 0 Å². The van der Waals surface area contributed by atoms with Gasteiger partial charge in [-0.15, -0.1) is 0 Å². The van der Waals surface area contributed by atoms with Gasteiger partial charge in [-0.25, -0.2) is 0 Å². The predicted octanol–water partition coefficient (Wildman–Crippen LogP) is -4.17. The van der Waals surface area contributed by atoms with Crippen molar-refractivity contribution in [2.24, 2.45) is 11.5 Å². The van der Waals surface area contributed by atoms with E-state index in [1.165, 1.54) is 0 Å². The maximum Gasteiger partial charge on any atom is 0.234 e. The molecular formula is C8H16N2O6. The first-order valence-electron chi connectivity index (χ1n) is 4.44. The van der Waals surface area contributed by atoms with Crippen LogP contribution in [0.1, 0.15) is 6.92 Å². The molecule has 0 aliphatic carbocycles. The molecule has 94 valence electrons. The van der Waals surface area contributed by atoms with E-state index in [4.69, 9.17) is 21.7 Å². The molecule has 0 saturated carbocycles. The highest BCUT2D eigenvalue weighted by atomic mass is 16.4. The summed E-state index contributed by atoms with van der Waals surface area (Å²) in [6.07, 6.45) is -5.74. The molecule has 0 fully saturated rings. The number of nitrogens with two attached hydrogens (primary N) is 2. The molecule has 0 saturated heterocycles. The van der Waals surface area contributed by atoms with Crippen molar-refractivity contribution in [2.45, 2.75) is 30.9 Å². The van der Waals surface area contributed by atoms with E-state index in [0.29, 0.717) is 0 Å². The van der Waals surface area contributed by atoms with Gasteiger partial charge in [0.1, 0.15) is 18.3 Å². The van der Waals surface area contributed by atoms with Gasteiger partial charge in [0.2, 0.25) is 5.78 Å². The molecule has 16 heavy (non-hydrogen) atoms. The average Bonchev–Trinajstić information content (AvgIpc) is 2.24. The van der Waals surface area contributed by atoms with Crippen LogP contribution < -0.4 is 11.5 Å². The zero-order valence-corrected chi connectivity index (χ0v) is 8.70. The third-order valence-corrected chi connectivity index (χ3v) is 2.11. The Hall–Kier alpha value is -0.900. The number of hydrogen-bond acceptors (Lipinski definition) is 8. The zero-order valence-electron chi connectivity index (χ0n) is 8.70. The summed E-state index contributed by atoms with van der Waals surface area (Å²) < 4.78 is 0. The van der Waals surface area contributed by atoms with E-state index < -0.39 is 42.1 Å². The summed E-state index contributed by atoms with van der Waals surface area (Å²) in [6, 6.07) is 0. The smallest absolute Gasteiger partial charge is 0.234 e. The molecule has 0 aromatic heterocycles. The lowest BCUT2D eigenvalue weighted by Crippen LogP contribution is -2.70. The van der Waals surface area contributed by atoms with Crippen LogP contribution in [0.5, 0.6) is 0 Å². The third kappa shape index (κ3) is 3.04. The molecule has 0 unspecified atom stereocenters. The Morgan fingerprint density at radius 2 is 1.69 bits per heavy atom. The lowest BCUT2D eigenvalue weighted by atomic mass is 9.91. The first kappa shape index (κ1) is 15.1. The Bertz CT molecular complexity index is 280. The van der Waals surface area contributed by atoms with E-state index in [9.17, 15) is 19.8 Å². The van der Waals surface area contributed by atoms with Crippen LogP contribution in [-0.2, 0) is 9.59 Å². The van der Waals surface area contributed by atoms with Crippen LogP contribution in [0.15, 0.2) is 0 Å². The summed E-state index contributed by atoms with van der Waals surface area (Å²) in [5.41, 5.74) is 7.89. The molecule has 0 heterocycles. The van der Waals surface area contributed by atoms with Crippen molar-refractivity contribution < 1.29 is 30.0 Å². The van der Waals surface area contributed by atoms with Gasteiger partial charge in [0, 0.05) is 6.92 Å². The summed E-state index contributed by atoms with van der Waals surface area (Å²) in [4.78, 5) is 21.9. The Morgan fingerprint density at radius 1 is 1.25 bits per heavy atom. The van der Waals surface area contributed by atoms with Gasteiger partial charge in [0.05, 0.1) is 6.61 Å². The molecule has 0 rings (SSSR count). The Labute approximate surface area is 91.5 Å². The van der Waals surface area contributed by atoms with Crippen molar-refractivity contribution in [2.75, 3.05) is 6.61 Å². The van der Waals surface area contributed by atoms with E-state index in [-0.39, 0.29) is 0 Å². The molecule has 0 aromatic carbocycles. The zero-order chi connectivity index (χ0) is 13.1. The van der Waals surface area contributed by atoms with Gasteiger partial charge in [0.15, 0.2) is 11.4 Å². The minimum atomic E-state index is -2.51. The molecule has 0 radical (unpaired) electrons. The molecule has 8 nitrogen and oxygen atoms in total. The minimum Gasteiger partial charge on any atom is -0.394 e. The third-order valence-electron chi connectivity index (χ3n) is 2.11. The quantitative estimate of drug-likeness (QED) is 0.199. The van der Waals surface area contributed by atoms with Gasteiger partial charge >= 0.3 is 0 Å². The molecule has 0 aliphatic heterocycles. The van der Waals surface area contributed by atoms with Gasteiger partial charge in [0.25, 0.3) is 0 Å². The van der Waals surface area contributed by atoms with Crippen molar-refractivity contribution in [3.8, 4) is 0 Å². The molecule has 0 aromatic rings. The molecule has 8 heteroatoms. The van der Waals surface area contributed by atoms with E-state index in [1.807, 2.05) is 0 Å². The van der Waals surface area contributed by atoms with Crippen molar-refractivity contribution in [1.29, 1.82) is 0 Å². The molecule has 0 aliphatic rings. The van der Waals surface area contributed by atoms with Gasteiger partial charge in [-0.1, -0.05) is 0 Å². The summed E-state index contributed by atoms with van der Waals surface area (Å²) >= 11 is 0. The standard InChI is InChI=1S/C8H16N2O6/c1-3(12)6(15)8(9,10)7(16)5(14)4(13)2-11/h4-5,7,11,13-14,16H,2,9-10H2,1H3/t4-,5-,7+/m1/s1. The number of hydrogen-bond donors (Lipinski definition) is 6. The number of rotatable bonds is 6. The maximum absolute atomic E-state index is 11.2. The van der Waals surface area contributed by atoms with Crippen molar-refractivity contribution in [1.82, 2.24) is 0 Å². The van der Waals surface area contributed by atoms with E-state index in [0.717, 1.165) is 6.92 Å². The molecule has 0 bridgehead atoms. The average molecular weight is 236 g/mol. The summed E-state index contributed by atoms with van der Waals surface area (Å²) in [5, 5.41) is 36.2. The largest absolute Gasteiger partial charge is 0.394 e. The van der Waals surface area contributed by atoms with Crippen LogP contribution in [0.25, 0.3) is 0 Å². The highest BCUT2D eigenvalue weighted by Crippen LogP contribution is 2.10. The second-order valence-electron chi connectivity index (χ2n) is 3.50. The normalized spacial score (nSPS) is 17.7. The fourth-order valence-corrected chi connectivity index (χ4v) is 1.04. The van der Waals surface area contributed by atoms with E-state index >= 15 is 0 Å². The van der Waals surface area contributed by atoms with Crippen LogP contribution in [0.3, 0.4) is 0 Å². The molecule has 3 atom stereocenters. The second kappa shape index (κ2) is 5.43. The number of aliphatic hydroxyl groups excluding tert-OH is 4. The topological polar surface area (TPSA) is 167 Å². The number of Topliss-reactive ketones (excluding diaryl/α,β-unsaturated/α-hetero) is 2. The highest BCUT2D eigenvalue weighted by Gasteiger charge is 2.45. The van der Waals surface area contributed by atoms with E-state index in [2.05, 4.69) is 0 Å². The Morgan fingerprint density at radius 3 is 2.00 bits per heavy atom. The predicted molar refractivity (Wildman–Crippen MR) is 51.9 cm³/mol. The Kier molecular flexibility index (Phi) is 5.13. The van der Waals surface area contributed by atoms with Crippen molar-refractivity contribution >= 4 is 11.6 Å². The van der Waals surface area contributed by atoms with Crippen LogP contribution in [-0.4, -0.2) is 62.6 Å². The summed E-state index contributed by atoms with van der Waals surface area (Å²) in [7, 11) is 0. The second-order valence-corrected chi connectivity index (χ2v) is 3.50. The first-order chi connectivity index (χ1) is 7.16. The fourth-order valence-electron chi connectivity index (χ4n) is 1.04. The first-order valence-corrected chi connectivity index (χ1v) is 4.44. The number of carbonyl (C=O) groups is 2. The van der Waals surface area contributed by atoms with Gasteiger partial charge < -0.3 is 31.9 Å². The van der Waals surface area contributed by atoms with E-state index in [1.54, 1.807) is 0 Å². The van der Waals surface area contributed by atoms with Gasteiger partial charge in [-0.2, -0.15) is 0 Å². The molecule has 0 spiro atoms. The summed E-state index contributed by atoms with van der Waals surface area (Å²) in [6.45, 7) is 0.0426. The van der Waals surface area contributed by atoms with Crippen LogP contribution in [0.2, 0.25) is 0 Å². The maximum atomic E-state index is 11.2. The summed E-state index contributed by atoms with van der Waals surface area (Å²) in [5.74, 6) is -2.28. The van der Waals surface area contributed by atoms with Crippen LogP contribution in [0.4, 0.5) is 0 Å². The molecule has 8 N–H and O–H groups in total. The highest BCUT2D eigenvalue weighted by molar-refractivity contribution is 6.39.